The Balaban J connectivity index is 4.83. The van der Waals surface area contributed by atoms with Gasteiger partial charge in [0.1, 0.15) is 18.1 Å². The molecule has 3 amide bonds. The van der Waals surface area contributed by atoms with E-state index >= 15 is 0 Å². The molecule has 4 atom stereocenters. The number of carboxylic acids is 1. The SMILES string of the molecule is CSCCC(N)C(=O)NC(CS)C(=O)NC(CS)C(=O)NC(CS)C(=O)O. The number of thioether (sulfide) groups is 1. The van der Waals surface area contributed by atoms with Gasteiger partial charge in [0.05, 0.1) is 6.04 Å². The van der Waals surface area contributed by atoms with Crippen LogP contribution in [0.25, 0.3) is 0 Å². The Bertz CT molecular complexity index is 526. The highest BCUT2D eigenvalue weighted by Crippen LogP contribution is 2.01. The first-order valence-corrected chi connectivity index (χ1v) is 11.2. The average molecular weight is 459 g/mol. The number of carbonyl (C=O) groups excluding carboxylic acids is 3. The van der Waals surface area contributed by atoms with E-state index < -0.39 is 47.9 Å². The summed E-state index contributed by atoms with van der Waals surface area (Å²) in [7, 11) is 0. The highest BCUT2D eigenvalue weighted by atomic mass is 32.2. The second kappa shape index (κ2) is 14.3. The molecule has 0 aliphatic heterocycles. The predicted molar refractivity (Wildman–Crippen MR) is 116 cm³/mol. The first-order valence-electron chi connectivity index (χ1n) is 7.92. The van der Waals surface area contributed by atoms with E-state index in [-0.39, 0.29) is 17.3 Å². The largest absolute Gasteiger partial charge is 0.480 e. The molecule has 4 unspecified atom stereocenters. The van der Waals surface area contributed by atoms with Crippen molar-refractivity contribution in [3.8, 4) is 0 Å². The van der Waals surface area contributed by atoms with Crippen molar-refractivity contribution in [1.82, 2.24) is 16.0 Å². The van der Waals surface area contributed by atoms with Crippen molar-refractivity contribution in [2.24, 2.45) is 5.73 Å². The highest BCUT2D eigenvalue weighted by Gasteiger charge is 2.28. The minimum absolute atomic E-state index is 0.0118. The van der Waals surface area contributed by atoms with Crippen LogP contribution < -0.4 is 21.7 Å². The van der Waals surface area contributed by atoms with Crippen LogP contribution in [0.15, 0.2) is 0 Å². The molecular weight excluding hydrogens is 432 g/mol. The Morgan fingerprint density at radius 2 is 1.30 bits per heavy atom. The maximum Gasteiger partial charge on any atom is 0.327 e. The average Bonchev–Trinajstić information content (AvgIpc) is 2.65. The van der Waals surface area contributed by atoms with Crippen molar-refractivity contribution < 1.29 is 24.3 Å². The molecule has 0 rings (SSSR count). The summed E-state index contributed by atoms with van der Waals surface area (Å²) in [4.78, 5) is 47.5. The van der Waals surface area contributed by atoms with Gasteiger partial charge < -0.3 is 26.8 Å². The van der Waals surface area contributed by atoms with Gasteiger partial charge in [-0.15, -0.1) is 0 Å². The van der Waals surface area contributed by atoms with Crippen molar-refractivity contribution in [3.63, 3.8) is 0 Å². The summed E-state index contributed by atoms with van der Waals surface area (Å²) in [5.74, 6) is -2.61. The lowest BCUT2D eigenvalue weighted by Crippen LogP contribution is -2.58. The summed E-state index contributed by atoms with van der Waals surface area (Å²) in [5, 5.41) is 16.1. The Labute approximate surface area is 179 Å². The maximum absolute atomic E-state index is 12.3. The number of thiol groups is 3. The highest BCUT2D eigenvalue weighted by molar-refractivity contribution is 7.98. The quantitative estimate of drug-likeness (QED) is 0.155. The molecule has 0 aromatic carbocycles. The zero-order chi connectivity index (χ0) is 21.0. The van der Waals surface area contributed by atoms with Gasteiger partial charge in [-0.1, -0.05) is 0 Å². The first kappa shape index (κ1) is 26.2. The summed E-state index contributed by atoms with van der Waals surface area (Å²) < 4.78 is 0. The standard InChI is InChI=1S/C14H26N4O5S4/c1-27-3-2-7(15)11(19)16-8(4-24)12(20)17-9(5-25)13(21)18-10(6-26)14(22)23/h7-10,24-26H,2-6,15H2,1H3,(H,16,19)(H,17,20)(H,18,21)(H,22,23). The topological polar surface area (TPSA) is 151 Å². The molecule has 0 radical (unpaired) electrons. The van der Waals surface area contributed by atoms with Crippen LogP contribution in [-0.2, 0) is 19.2 Å². The molecule has 0 fully saturated rings. The van der Waals surface area contributed by atoms with Gasteiger partial charge >= 0.3 is 5.97 Å². The number of carboxylic acid groups (broad SMARTS) is 1. The van der Waals surface area contributed by atoms with Gasteiger partial charge in [-0.2, -0.15) is 49.6 Å². The summed E-state index contributed by atoms with van der Waals surface area (Å²) in [5.41, 5.74) is 5.76. The fraction of sp³-hybridized carbons (Fsp3) is 0.714. The molecule has 9 nitrogen and oxygen atoms in total. The van der Waals surface area contributed by atoms with E-state index in [1.165, 1.54) is 0 Å². The number of carbonyl (C=O) groups is 4. The summed E-state index contributed by atoms with van der Waals surface area (Å²) in [6.07, 6.45) is 2.34. The van der Waals surface area contributed by atoms with Gasteiger partial charge in [-0.25, -0.2) is 4.79 Å². The molecule has 0 bridgehead atoms. The number of hydrogen-bond donors (Lipinski definition) is 8. The number of nitrogens with two attached hydrogens (primary N) is 1. The Kier molecular flexibility index (Phi) is 13.9. The molecule has 0 spiro atoms. The molecule has 0 aromatic rings. The van der Waals surface area contributed by atoms with Crippen molar-refractivity contribution in [3.05, 3.63) is 0 Å². The van der Waals surface area contributed by atoms with Gasteiger partial charge in [0.15, 0.2) is 0 Å². The lowest BCUT2D eigenvalue weighted by atomic mass is 10.2. The molecule has 6 N–H and O–H groups in total. The first-order chi connectivity index (χ1) is 12.7. The molecular formula is C14H26N4O5S4. The number of rotatable bonds is 13. The van der Waals surface area contributed by atoms with Crippen LogP contribution in [0.3, 0.4) is 0 Å². The number of amides is 3. The van der Waals surface area contributed by atoms with Gasteiger partial charge in [0.2, 0.25) is 17.7 Å². The summed E-state index contributed by atoms with van der Waals surface area (Å²) >= 11 is 13.4. The van der Waals surface area contributed by atoms with Crippen LogP contribution in [0.4, 0.5) is 0 Å². The number of aliphatic carboxylic acids is 1. The van der Waals surface area contributed by atoms with Gasteiger partial charge in [0, 0.05) is 17.3 Å². The molecule has 0 saturated carbocycles. The normalized spacial score (nSPS) is 15.1. The van der Waals surface area contributed by atoms with Crippen LogP contribution in [0.5, 0.6) is 0 Å². The van der Waals surface area contributed by atoms with Crippen LogP contribution in [0.1, 0.15) is 6.42 Å². The zero-order valence-electron chi connectivity index (χ0n) is 14.8. The fourth-order valence-corrected chi connectivity index (χ4v) is 3.02. The Morgan fingerprint density at radius 1 is 0.889 bits per heavy atom. The van der Waals surface area contributed by atoms with Gasteiger partial charge in [-0.3, -0.25) is 14.4 Å². The molecule has 0 heterocycles. The van der Waals surface area contributed by atoms with Crippen LogP contribution in [0, 0.1) is 0 Å². The van der Waals surface area contributed by atoms with E-state index in [2.05, 4.69) is 53.8 Å². The maximum atomic E-state index is 12.3. The lowest BCUT2D eigenvalue weighted by Gasteiger charge is -2.23. The zero-order valence-corrected chi connectivity index (χ0v) is 18.3. The molecule has 0 aliphatic carbocycles. The predicted octanol–water partition coefficient (Wildman–Crippen LogP) is -1.60. The number of nitrogens with one attached hydrogen (secondary N) is 3. The third-order valence-electron chi connectivity index (χ3n) is 3.40. The van der Waals surface area contributed by atoms with E-state index in [4.69, 9.17) is 10.8 Å². The van der Waals surface area contributed by atoms with E-state index in [0.29, 0.717) is 12.2 Å². The minimum Gasteiger partial charge on any atom is -0.480 e. The van der Waals surface area contributed by atoms with E-state index in [1.54, 1.807) is 11.8 Å². The summed E-state index contributed by atoms with van der Waals surface area (Å²) in [6, 6.07) is -4.05. The van der Waals surface area contributed by atoms with Gasteiger partial charge in [0.25, 0.3) is 0 Å². The third kappa shape index (κ3) is 9.83. The fourth-order valence-electron chi connectivity index (χ4n) is 1.77. The molecule has 0 aliphatic rings. The van der Waals surface area contributed by atoms with Crippen LogP contribution in [0.2, 0.25) is 0 Å². The lowest BCUT2D eigenvalue weighted by molar-refractivity contribution is -0.141. The Morgan fingerprint density at radius 3 is 1.67 bits per heavy atom. The number of hydrogen-bond acceptors (Lipinski definition) is 9. The second-order valence-electron chi connectivity index (χ2n) is 5.46. The van der Waals surface area contributed by atoms with Crippen molar-refractivity contribution in [1.29, 1.82) is 0 Å². The molecule has 0 aromatic heterocycles. The Hall–Kier alpha value is -0.760. The van der Waals surface area contributed by atoms with Crippen molar-refractivity contribution in [2.45, 2.75) is 30.6 Å². The molecule has 27 heavy (non-hydrogen) atoms. The van der Waals surface area contributed by atoms with Crippen LogP contribution in [-0.4, -0.2) is 82.2 Å². The summed E-state index contributed by atoms with van der Waals surface area (Å²) in [6.45, 7) is 0. The van der Waals surface area contributed by atoms with E-state index in [0.717, 1.165) is 0 Å². The van der Waals surface area contributed by atoms with Crippen molar-refractivity contribution in [2.75, 3.05) is 29.3 Å². The van der Waals surface area contributed by atoms with Gasteiger partial charge in [-0.05, 0) is 18.4 Å². The second-order valence-corrected chi connectivity index (χ2v) is 7.54. The molecule has 0 saturated heterocycles. The van der Waals surface area contributed by atoms with Crippen molar-refractivity contribution >= 4 is 73.3 Å². The molecule has 13 heteroatoms. The third-order valence-corrected chi connectivity index (χ3v) is 5.14. The molecule has 156 valence electrons. The van der Waals surface area contributed by atoms with E-state index in [9.17, 15) is 19.2 Å². The van der Waals surface area contributed by atoms with E-state index in [1.807, 2.05) is 6.26 Å². The van der Waals surface area contributed by atoms with Crippen LogP contribution >= 0.6 is 49.6 Å². The monoisotopic (exact) mass is 458 g/mol. The smallest absolute Gasteiger partial charge is 0.327 e. The minimum atomic E-state index is -1.25.